The van der Waals surface area contributed by atoms with Crippen molar-refractivity contribution in [1.29, 1.82) is 0 Å². The predicted octanol–water partition coefficient (Wildman–Crippen LogP) is 3.13. The quantitative estimate of drug-likeness (QED) is 0.381. The highest BCUT2D eigenvalue weighted by Crippen LogP contribution is 2.21. The SMILES string of the molecule is O=c1/c(=C/c2ccc(Br)cc2)sc2nc3ccc([N+](=O)[O-])cc3n12. The van der Waals surface area contributed by atoms with Crippen molar-refractivity contribution in [2.75, 3.05) is 0 Å². The first-order chi connectivity index (χ1) is 11.5. The summed E-state index contributed by atoms with van der Waals surface area (Å²) < 4.78 is 2.92. The molecule has 0 unspecified atom stereocenters. The molecule has 118 valence electrons. The zero-order chi connectivity index (χ0) is 16.8. The first-order valence-corrected chi connectivity index (χ1v) is 8.50. The standard InChI is InChI=1S/C16H8BrN3O3S/c17-10-3-1-9(2-4-10)7-14-15(21)19-13-8-11(20(22)23)5-6-12(13)18-16(19)24-14/h1-8H/b14-7-. The summed E-state index contributed by atoms with van der Waals surface area (Å²) in [6, 6.07) is 11.9. The molecule has 0 spiro atoms. The van der Waals surface area contributed by atoms with E-state index in [1.165, 1.54) is 27.9 Å². The van der Waals surface area contributed by atoms with Gasteiger partial charge in [0.25, 0.3) is 11.2 Å². The van der Waals surface area contributed by atoms with Crippen molar-refractivity contribution in [3.05, 3.63) is 77.5 Å². The van der Waals surface area contributed by atoms with Gasteiger partial charge in [0.2, 0.25) is 0 Å². The van der Waals surface area contributed by atoms with Gasteiger partial charge in [-0.15, -0.1) is 0 Å². The van der Waals surface area contributed by atoms with E-state index in [-0.39, 0.29) is 11.2 Å². The molecule has 2 heterocycles. The van der Waals surface area contributed by atoms with Crippen LogP contribution in [0.3, 0.4) is 0 Å². The first-order valence-electron chi connectivity index (χ1n) is 6.89. The Morgan fingerprint density at radius 3 is 2.67 bits per heavy atom. The Morgan fingerprint density at radius 1 is 1.21 bits per heavy atom. The Balaban J connectivity index is 1.98. The molecule has 6 nitrogen and oxygen atoms in total. The summed E-state index contributed by atoms with van der Waals surface area (Å²) in [7, 11) is 0. The second-order valence-corrected chi connectivity index (χ2v) is 7.05. The van der Waals surface area contributed by atoms with E-state index in [1.807, 2.05) is 24.3 Å². The van der Waals surface area contributed by atoms with E-state index in [4.69, 9.17) is 0 Å². The number of non-ortho nitro benzene ring substituents is 1. The highest BCUT2D eigenvalue weighted by molar-refractivity contribution is 9.10. The lowest BCUT2D eigenvalue weighted by Gasteiger charge is -1.92. The first kappa shape index (κ1) is 15.0. The van der Waals surface area contributed by atoms with Crippen molar-refractivity contribution >= 4 is 55.0 Å². The van der Waals surface area contributed by atoms with Crippen molar-refractivity contribution in [3.8, 4) is 0 Å². The average molecular weight is 402 g/mol. The number of hydrogen-bond acceptors (Lipinski definition) is 5. The van der Waals surface area contributed by atoms with E-state index in [2.05, 4.69) is 20.9 Å². The van der Waals surface area contributed by atoms with Crippen molar-refractivity contribution in [2.24, 2.45) is 0 Å². The Kier molecular flexibility index (Phi) is 3.43. The van der Waals surface area contributed by atoms with Gasteiger partial charge in [0.05, 0.1) is 20.5 Å². The van der Waals surface area contributed by atoms with Crippen molar-refractivity contribution in [1.82, 2.24) is 9.38 Å². The molecule has 0 radical (unpaired) electrons. The van der Waals surface area contributed by atoms with E-state index in [0.29, 0.717) is 20.5 Å². The second-order valence-electron chi connectivity index (χ2n) is 5.13. The van der Waals surface area contributed by atoms with Gasteiger partial charge in [-0.1, -0.05) is 39.4 Å². The zero-order valence-corrected chi connectivity index (χ0v) is 14.4. The molecule has 2 aromatic carbocycles. The van der Waals surface area contributed by atoms with Gasteiger partial charge in [-0.05, 0) is 29.8 Å². The fourth-order valence-corrected chi connectivity index (χ4v) is 3.72. The minimum absolute atomic E-state index is 0.0617. The van der Waals surface area contributed by atoms with Crippen LogP contribution < -0.4 is 10.1 Å². The highest BCUT2D eigenvalue weighted by Gasteiger charge is 2.14. The number of hydrogen-bond donors (Lipinski definition) is 0. The predicted molar refractivity (Wildman–Crippen MR) is 96.4 cm³/mol. The van der Waals surface area contributed by atoms with Crippen molar-refractivity contribution in [2.45, 2.75) is 0 Å². The average Bonchev–Trinajstić information content (AvgIpc) is 3.06. The number of imidazole rings is 1. The van der Waals surface area contributed by atoms with Crippen LogP contribution in [-0.2, 0) is 0 Å². The molecule has 0 aliphatic heterocycles. The second kappa shape index (κ2) is 5.50. The molecule has 4 rings (SSSR count). The van der Waals surface area contributed by atoms with Crippen LogP contribution in [0, 0.1) is 10.1 Å². The number of nitro groups is 1. The van der Waals surface area contributed by atoms with E-state index in [9.17, 15) is 14.9 Å². The third-order valence-electron chi connectivity index (χ3n) is 3.60. The Bertz CT molecular complexity index is 1210. The Morgan fingerprint density at radius 2 is 1.96 bits per heavy atom. The van der Waals surface area contributed by atoms with E-state index in [0.717, 1.165) is 10.0 Å². The highest BCUT2D eigenvalue weighted by atomic mass is 79.9. The molecule has 2 aromatic heterocycles. The lowest BCUT2D eigenvalue weighted by molar-refractivity contribution is -0.384. The van der Waals surface area contributed by atoms with Crippen LogP contribution in [0.25, 0.3) is 22.1 Å². The number of thiazole rings is 1. The van der Waals surface area contributed by atoms with Crippen LogP contribution in [-0.4, -0.2) is 14.3 Å². The maximum atomic E-state index is 12.7. The molecule has 8 heteroatoms. The Hall–Kier alpha value is -2.58. The molecule has 4 aromatic rings. The molecule has 0 aliphatic carbocycles. The molecular formula is C16H8BrN3O3S. The number of benzene rings is 2. The number of fused-ring (bicyclic) bond motifs is 3. The van der Waals surface area contributed by atoms with E-state index >= 15 is 0 Å². The number of rotatable bonds is 2. The molecule has 0 saturated heterocycles. The fourth-order valence-electron chi connectivity index (χ4n) is 2.47. The molecule has 0 N–H and O–H groups in total. The molecule has 0 fully saturated rings. The summed E-state index contributed by atoms with van der Waals surface area (Å²) >= 11 is 4.64. The molecule has 0 atom stereocenters. The van der Waals surface area contributed by atoms with Gasteiger partial charge in [0.1, 0.15) is 0 Å². The van der Waals surface area contributed by atoms with Crippen LogP contribution in [0.2, 0.25) is 0 Å². The fraction of sp³-hybridized carbons (Fsp3) is 0. The van der Waals surface area contributed by atoms with Gasteiger partial charge in [0.15, 0.2) is 4.96 Å². The molecular weight excluding hydrogens is 394 g/mol. The number of aromatic nitrogens is 2. The van der Waals surface area contributed by atoms with Crippen LogP contribution in [0.5, 0.6) is 0 Å². The number of nitrogens with zero attached hydrogens (tertiary/aromatic N) is 3. The maximum absolute atomic E-state index is 12.7. The van der Waals surface area contributed by atoms with Gasteiger partial charge in [-0.2, -0.15) is 0 Å². The number of nitro benzene ring substituents is 1. The lowest BCUT2D eigenvalue weighted by atomic mass is 10.2. The zero-order valence-electron chi connectivity index (χ0n) is 12.0. The van der Waals surface area contributed by atoms with Crippen LogP contribution in [0.4, 0.5) is 5.69 Å². The molecule has 24 heavy (non-hydrogen) atoms. The smallest absolute Gasteiger partial charge is 0.267 e. The van der Waals surface area contributed by atoms with Crippen molar-refractivity contribution in [3.63, 3.8) is 0 Å². The van der Waals surface area contributed by atoms with Gasteiger partial charge < -0.3 is 0 Å². The van der Waals surface area contributed by atoms with Gasteiger partial charge in [-0.3, -0.25) is 14.9 Å². The Labute approximate surface area is 147 Å². The van der Waals surface area contributed by atoms with Crippen LogP contribution >= 0.6 is 27.3 Å². The van der Waals surface area contributed by atoms with Gasteiger partial charge in [0, 0.05) is 16.6 Å². The monoisotopic (exact) mass is 401 g/mol. The minimum Gasteiger partial charge on any atom is -0.267 e. The molecule has 0 bridgehead atoms. The van der Waals surface area contributed by atoms with E-state index in [1.54, 1.807) is 12.1 Å². The molecule has 0 aliphatic rings. The van der Waals surface area contributed by atoms with Gasteiger partial charge >= 0.3 is 0 Å². The summed E-state index contributed by atoms with van der Waals surface area (Å²) in [5.41, 5.74) is 1.64. The van der Waals surface area contributed by atoms with E-state index < -0.39 is 4.92 Å². The minimum atomic E-state index is -0.482. The topological polar surface area (TPSA) is 77.5 Å². The number of halogens is 1. The van der Waals surface area contributed by atoms with Crippen LogP contribution in [0.1, 0.15) is 5.56 Å². The largest absolute Gasteiger partial charge is 0.274 e. The third-order valence-corrected chi connectivity index (χ3v) is 5.10. The normalized spacial score (nSPS) is 12.3. The summed E-state index contributed by atoms with van der Waals surface area (Å²) in [5, 5.41) is 11.0. The summed E-state index contributed by atoms with van der Waals surface area (Å²) in [6.07, 6.45) is 1.79. The molecule has 0 amide bonds. The lowest BCUT2D eigenvalue weighted by Crippen LogP contribution is -2.22. The third kappa shape index (κ3) is 2.40. The van der Waals surface area contributed by atoms with Crippen LogP contribution in [0.15, 0.2) is 51.7 Å². The summed E-state index contributed by atoms with van der Waals surface area (Å²) in [5.74, 6) is 0. The molecule has 0 saturated carbocycles. The van der Waals surface area contributed by atoms with Crippen molar-refractivity contribution < 1.29 is 4.92 Å². The summed E-state index contributed by atoms with van der Waals surface area (Å²) in [4.78, 5) is 28.1. The van der Waals surface area contributed by atoms with Gasteiger partial charge in [-0.25, -0.2) is 9.38 Å². The summed E-state index contributed by atoms with van der Waals surface area (Å²) in [6.45, 7) is 0. The maximum Gasteiger partial charge on any atom is 0.274 e.